The van der Waals surface area contributed by atoms with Gasteiger partial charge in [0, 0.05) is 30.4 Å². The normalized spacial score (nSPS) is 10.6. The number of imidazole rings is 1. The molecule has 3 rings (SSSR count). The molecule has 0 saturated heterocycles. The van der Waals surface area contributed by atoms with Crippen LogP contribution in [0.3, 0.4) is 0 Å². The minimum absolute atomic E-state index is 0.123. The first-order chi connectivity index (χ1) is 10.2. The van der Waals surface area contributed by atoms with Crippen molar-refractivity contribution >= 4 is 17.2 Å². The largest absolute Gasteiger partial charge is 0.496 e. The van der Waals surface area contributed by atoms with E-state index in [1.807, 2.05) is 30.5 Å². The van der Waals surface area contributed by atoms with Crippen molar-refractivity contribution < 1.29 is 9.53 Å². The van der Waals surface area contributed by atoms with Crippen LogP contribution in [0.15, 0.2) is 42.7 Å². The molecule has 1 amide bonds. The average Bonchev–Trinajstić information content (AvgIpc) is 2.90. The van der Waals surface area contributed by atoms with Crippen LogP contribution in [0.4, 0.5) is 5.69 Å². The molecule has 2 heterocycles. The smallest absolute Gasteiger partial charge is 0.221 e. The third-order valence-electron chi connectivity index (χ3n) is 3.03. The first kappa shape index (κ1) is 13.1. The molecule has 0 aliphatic rings. The lowest BCUT2D eigenvalue weighted by atomic mass is 10.1. The van der Waals surface area contributed by atoms with Crippen molar-refractivity contribution in [1.82, 2.24) is 14.6 Å². The second-order valence-corrected chi connectivity index (χ2v) is 4.55. The van der Waals surface area contributed by atoms with Gasteiger partial charge in [-0.25, -0.2) is 9.50 Å². The molecule has 1 N–H and O–H groups in total. The van der Waals surface area contributed by atoms with Crippen LogP contribution in [-0.2, 0) is 4.79 Å². The van der Waals surface area contributed by atoms with Crippen LogP contribution in [-0.4, -0.2) is 27.6 Å². The highest BCUT2D eigenvalue weighted by molar-refractivity contribution is 5.89. The second-order valence-electron chi connectivity index (χ2n) is 4.55. The third kappa shape index (κ3) is 2.55. The van der Waals surface area contributed by atoms with Crippen molar-refractivity contribution in [2.45, 2.75) is 6.92 Å². The van der Waals surface area contributed by atoms with Crippen LogP contribution in [0.1, 0.15) is 6.92 Å². The number of carbonyl (C=O) groups excluding carboxylic acids is 1. The van der Waals surface area contributed by atoms with Gasteiger partial charge in [0.25, 0.3) is 0 Å². The Balaban J connectivity index is 2.06. The molecule has 0 spiro atoms. The van der Waals surface area contributed by atoms with Crippen LogP contribution >= 0.6 is 0 Å². The van der Waals surface area contributed by atoms with Gasteiger partial charge >= 0.3 is 0 Å². The highest BCUT2D eigenvalue weighted by atomic mass is 16.5. The van der Waals surface area contributed by atoms with Gasteiger partial charge in [0.05, 0.1) is 19.0 Å². The number of methoxy groups -OCH3 is 1. The fourth-order valence-corrected chi connectivity index (χ4v) is 2.14. The van der Waals surface area contributed by atoms with Crippen LogP contribution in [0.25, 0.3) is 16.9 Å². The summed E-state index contributed by atoms with van der Waals surface area (Å²) in [6, 6.07) is 9.18. The van der Waals surface area contributed by atoms with Gasteiger partial charge in [0.15, 0.2) is 5.65 Å². The van der Waals surface area contributed by atoms with Crippen molar-refractivity contribution in [1.29, 1.82) is 0 Å². The molecule has 0 bridgehead atoms. The lowest BCUT2D eigenvalue weighted by molar-refractivity contribution is -0.114. The first-order valence-corrected chi connectivity index (χ1v) is 6.44. The molecule has 0 saturated carbocycles. The van der Waals surface area contributed by atoms with E-state index in [-0.39, 0.29) is 5.91 Å². The number of fused-ring (bicyclic) bond motifs is 1. The molecule has 0 aliphatic carbocycles. The van der Waals surface area contributed by atoms with Crippen molar-refractivity contribution in [2.75, 3.05) is 12.4 Å². The van der Waals surface area contributed by atoms with Gasteiger partial charge in [-0.1, -0.05) is 0 Å². The van der Waals surface area contributed by atoms with Crippen LogP contribution in [0.5, 0.6) is 5.75 Å². The number of carbonyl (C=O) groups is 1. The lowest BCUT2D eigenvalue weighted by Crippen LogP contribution is -2.05. The van der Waals surface area contributed by atoms with Crippen molar-refractivity contribution in [3.05, 3.63) is 42.7 Å². The molecule has 3 aromatic rings. The zero-order valence-electron chi connectivity index (χ0n) is 11.7. The van der Waals surface area contributed by atoms with Crippen LogP contribution in [0.2, 0.25) is 0 Å². The molecule has 2 aromatic heterocycles. The average molecular weight is 282 g/mol. The summed E-state index contributed by atoms with van der Waals surface area (Å²) < 4.78 is 7.10. The summed E-state index contributed by atoms with van der Waals surface area (Å²) in [6.45, 7) is 1.47. The molecule has 6 nitrogen and oxygen atoms in total. The summed E-state index contributed by atoms with van der Waals surface area (Å²) in [5.41, 5.74) is 3.06. The molecule has 106 valence electrons. The van der Waals surface area contributed by atoms with E-state index < -0.39 is 0 Å². The Hall–Kier alpha value is -2.89. The third-order valence-corrected chi connectivity index (χ3v) is 3.03. The molecule has 0 unspecified atom stereocenters. The Kier molecular flexibility index (Phi) is 3.27. The van der Waals surface area contributed by atoms with Crippen molar-refractivity contribution in [2.24, 2.45) is 0 Å². The van der Waals surface area contributed by atoms with Gasteiger partial charge in [-0.15, -0.1) is 0 Å². The molecule has 6 heteroatoms. The molecular weight excluding hydrogens is 268 g/mol. The van der Waals surface area contributed by atoms with Crippen LogP contribution < -0.4 is 10.1 Å². The Morgan fingerprint density at radius 2 is 2.19 bits per heavy atom. The fourth-order valence-electron chi connectivity index (χ4n) is 2.14. The summed E-state index contributed by atoms with van der Waals surface area (Å²) >= 11 is 0. The standard InChI is InChI=1S/C15H14N4O2/c1-10(20)17-11-5-6-12(14(8-11)21-2)13-9-19-15(18-13)4-3-7-16-19/h3-9H,1-2H3,(H,17,20). The first-order valence-electron chi connectivity index (χ1n) is 6.44. The van der Waals surface area contributed by atoms with Gasteiger partial charge in [0.2, 0.25) is 5.91 Å². The quantitative estimate of drug-likeness (QED) is 0.800. The highest BCUT2D eigenvalue weighted by Gasteiger charge is 2.11. The predicted octanol–water partition coefficient (Wildman–Crippen LogP) is 2.36. The Bertz CT molecular complexity index is 777. The fraction of sp³-hybridized carbons (Fsp3) is 0.133. The molecule has 0 aliphatic heterocycles. The molecule has 0 atom stereocenters. The van der Waals surface area contributed by atoms with E-state index in [1.165, 1.54) is 6.92 Å². The molecular formula is C15H14N4O2. The number of ether oxygens (including phenoxy) is 1. The number of rotatable bonds is 3. The molecule has 0 fully saturated rings. The van der Waals surface area contributed by atoms with Gasteiger partial charge in [-0.3, -0.25) is 4.79 Å². The molecule has 21 heavy (non-hydrogen) atoms. The number of nitrogens with one attached hydrogen (secondary N) is 1. The second kappa shape index (κ2) is 5.24. The summed E-state index contributed by atoms with van der Waals surface area (Å²) in [5.74, 6) is 0.520. The topological polar surface area (TPSA) is 68.5 Å². The SMILES string of the molecule is COc1cc(NC(C)=O)ccc1-c1cn2ncccc2n1. The Morgan fingerprint density at radius 3 is 2.90 bits per heavy atom. The van der Waals surface area contributed by atoms with E-state index in [0.29, 0.717) is 11.4 Å². The number of aromatic nitrogens is 3. The summed E-state index contributed by atoms with van der Waals surface area (Å²) in [4.78, 5) is 15.6. The van der Waals surface area contributed by atoms with E-state index >= 15 is 0 Å². The maximum absolute atomic E-state index is 11.1. The predicted molar refractivity (Wildman–Crippen MR) is 79.3 cm³/mol. The van der Waals surface area contributed by atoms with E-state index in [0.717, 1.165) is 16.9 Å². The monoisotopic (exact) mass is 282 g/mol. The summed E-state index contributed by atoms with van der Waals surface area (Å²) in [5, 5.41) is 6.92. The van der Waals surface area contributed by atoms with Crippen molar-refractivity contribution in [3.8, 4) is 17.0 Å². The number of nitrogens with zero attached hydrogens (tertiary/aromatic N) is 3. The number of amides is 1. The van der Waals surface area contributed by atoms with Gasteiger partial charge in [-0.05, 0) is 24.3 Å². The zero-order valence-corrected chi connectivity index (χ0v) is 11.7. The lowest BCUT2D eigenvalue weighted by Gasteiger charge is -2.09. The maximum Gasteiger partial charge on any atom is 0.221 e. The summed E-state index contributed by atoms with van der Waals surface area (Å²) in [7, 11) is 1.59. The number of benzene rings is 1. The van der Waals surface area contributed by atoms with Crippen molar-refractivity contribution in [3.63, 3.8) is 0 Å². The summed E-state index contributed by atoms with van der Waals surface area (Å²) in [6.07, 6.45) is 3.54. The van der Waals surface area contributed by atoms with Gasteiger partial charge in [0.1, 0.15) is 5.75 Å². The van der Waals surface area contributed by atoms with E-state index in [9.17, 15) is 4.79 Å². The van der Waals surface area contributed by atoms with E-state index in [2.05, 4.69) is 15.4 Å². The highest BCUT2D eigenvalue weighted by Crippen LogP contribution is 2.31. The van der Waals surface area contributed by atoms with Gasteiger partial charge in [-0.2, -0.15) is 5.10 Å². The van der Waals surface area contributed by atoms with Gasteiger partial charge < -0.3 is 10.1 Å². The maximum atomic E-state index is 11.1. The minimum atomic E-state index is -0.123. The Labute approximate surface area is 121 Å². The molecule has 0 radical (unpaired) electrons. The molecule has 1 aromatic carbocycles. The number of hydrogen-bond donors (Lipinski definition) is 1. The Morgan fingerprint density at radius 1 is 1.33 bits per heavy atom. The van der Waals surface area contributed by atoms with E-state index in [4.69, 9.17) is 4.74 Å². The zero-order chi connectivity index (χ0) is 14.8. The minimum Gasteiger partial charge on any atom is -0.496 e. The van der Waals surface area contributed by atoms with E-state index in [1.54, 1.807) is 23.9 Å². The van der Waals surface area contributed by atoms with Crippen LogP contribution in [0, 0.1) is 0 Å². The number of hydrogen-bond acceptors (Lipinski definition) is 4. The number of anilines is 1.